The van der Waals surface area contributed by atoms with E-state index in [2.05, 4.69) is 21.0 Å². The van der Waals surface area contributed by atoms with Gasteiger partial charge in [-0.25, -0.2) is 9.48 Å². The topological polar surface area (TPSA) is 64.3 Å². The predicted molar refractivity (Wildman–Crippen MR) is 82.3 cm³/mol. The number of hydrogen-bond acceptors (Lipinski definition) is 3. The fraction of sp³-hybridized carbons (Fsp3) is 0.0667. The molecule has 6 heteroatoms. The highest BCUT2D eigenvalue weighted by Gasteiger charge is 2.20. The van der Waals surface area contributed by atoms with Gasteiger partial charge >= 0.3 is 5.97 Å². The fourth-order valence-electron chi connectivity index (χ4n) is 2.25. The first-order valence-electron chi connectivity index (χ1n) is 6.17. The summed E-state index contributed by atoms with van der Waals surface area (Å²) in [7, 11) is 1.55. The molecule has 3 rings (SSSR count). The molecule has 0 aliphatic rings. The molecule has 0 saturated heterocycles. The highest BCUT2D eigenvalue weighted by molar-refractivity contribution is 9.10. The molecule has 0 radical (unpaired) electrons. The van der Waals surface area contributed by atoms with E-state index in [1.807, 2.05) is 24.3 Å². The van der Waals surface area contributed by atoms with Gasteiger partial charge in [0.2, 0.25) is 0 Å². The molecule has 0 fully saturated rings. The molecule has 1 N–H and O–H groups in total. The summed E-state index contributed by atoms with van der Waals surface area (Å²) in [5.74, 6) is -0.491. The number of rotatable bonds is 3. The van der Waals surface area contributed by atoms with Crippen molar-refractivity contribution in [1.82, 2.24) is 9.78 Å². The molecule has 5 nitrogen and oxygen atoms in total. The average Bonchev–Trinajstić information content (AvgIpc) is 2.87. The number of methoxy groups -OCH3 is 1. The highest BCUT2D eigenvalue weighted by atomic mass is 79.9. The van der Waals surface area contributed by atoms with Gasteiger partial charge in [-0.05, 0) is 24.3 Å². The van der Waals surface area contributed by atoms with E-state index in [0.717, 1.165) is 10.2 Å². The number of para-hydroxylation sites is 1. The number of benzene rings is 2. The van der Waals surface area contributed by atoms with Gasteiger partial charge in [-0.15, -0.1) is 0 Å². The number of fused-ring (bicyclic) bond motifs is 1. The monoisotopic (exact) mass is 346 g/mol. The van der Waals surface area contributed by atoms with Gasteiger partial charge in [0.05, 0.1) is 12.8 Å². The van der Waals surface area contributed by atoms with Crippen LogP contribution in [-0.2, 0) is 0 Å². The zero-order valence-corrected chi connectivity index (χ0v) is 12.7. The lowest BCUT2D eigenvalue weighted by Gasteiger charge is -2.07. The Labute approximate surface area is 128 Å². The normalized spacial score (nSPS) is 10.8. The Morgan fingerprint density at radius 2 is 2.05 bits per heavy atom. The third-order valence-corrected chi connectivity index (χ3v) is 3.63. The van der Waals surface area contributed by atoms with Crippen molar-refractivity contribution >= 4 is 32.8 Å². The Morgan fingerprint density at radius 3 is 2.71 bits per heavy atom. The molecule has 0 atom stereocenters. The summed E-state index contributed by atoms with van der Waals surface area (Å²) in [5, 5.41) is 14.1. The Bertz CT molecular complexity index is 842. The van der Waals surface area contributed by atoms with Crippen molar-refractivity contribution in [3.8, 4) is 11.4 Å². The van der Waals surface area contributed by atoms with E-state index in [4.69, 9.17) is 4.74 Å². The van der Waals surface area contributed by atoms with Gasteiger partial charge in [-0.3, -0.25) is 0 Å². The Hall–Kier alpha value is -2.34. The van der Waals surface area contributed by atoms with Gasteiger partial charge in [0.1, 0.15) is 11.3 Å². The average molecular weight is 347 g/mol. The van der Waals surface area contributed by atoms with Crippen LogP contribution in [0, 0.1) is 0 Å². The lowest BCUT2D eigenvalue weighted by atomic mass is 10.2. The van der Waals surface area contributed by atoms with Crippen molar-refractivity contribution in [2.45, 2.75) is 0 Å². The van der Waals surface area contributed by atoms with E-state index >= 15 is 0 Å². The van der Waals surface area contributed by atoms with Gasteiger partial charge < -0.3 is 9.84 Å². The number of aromatic nitrogens is 2. The minimum absolute atomic E-state index is 0.00359. The van der Waals surface area contributed by atoms with E-state index in [1.54, 1.807) is 30.0 Å². The van der Waals surface area contributed by atoms with Crippen molar-refractivity contribution in [3.63, 3.8) is 0 Å². The lowest BCUT2D eigenvalue weighted by molar-refractivity contribution is 0.0692. The minimum Gasteiger partial charge on any atom is -0.494 e. The number of nitrogens with zero attached hydrogens (tertiary/aromatic N) is 2. The summed E-state index contributed by atoms with van der Waals surface area (Å²) >= 11 is 3.41. The summed E-state index contributed by atoms with van der Waals surface area (Å²) in [4.78, 5) is 11.4. The van der Waals surface area contributed by atoms with Crippen LogP contribution in [0.25, 0.3) is 16.6 Å². The van der Waals surface area contributed by atoms with Crippen molar-refractivity contribution in [3.05, 3.63) is 52.6 Å². The second-order valence-corrected chi connectivity index (χ2v) is 5.32. The molecule has 0 amide bonds. The van der Waals surface area contributed by atoms with Crippen molar-refractivity contribution in [2.75, 3.05) is 7.11 Å². The van der Waals surface area contributed by atoms with Crippen molar-refractivity contribution in [1.29, 1.82) is 0 Å². The number of carboxylic acids is 1. The van der Waals surface area contributed by atoms with Crippen LogP contribution >= 0.6 is 15.9 Å². The predicted octanol–water partition coefficient (Wildman–Crippen LogP) is 3.49. The smallest absolute Gasteiger partial charge is 0.357 e. The van der Waals surface area contributed by atoms with E-state index in [9.17, 15) is 9.90 Å². The Balaban J connectivity index is 2.39. The van der Waals surface area contributed by atoms with Crippen LogP contribution in [-0.4, -0.2) is 28.0 Å². The molecule has 1 heterocycles. The van der Waals surface area contributed by atoms with Crippen LogP contribution in [0.3, 0.4) is 0 Å². The van der Waals surface area contributed by atoms with Crippen LogP contribution in [0.15, 0.2) is 46.9 Å². The zero-order chi connectivity index (χ0) is 15.0. The first-order valence-corrected chi connectivity index (χ1v) is 6.96. The van der Waals surface area contributed by atoms with E-state index in [1.165, 1.54) is 0 Å². The molecule has 0 saturated carbocycles. The molecule has 0 aliphatic carbocycles. The Morgan fingerprint density at radius 1 is 1.29 bits per heavy atom. The first kappa shape index (κ1) is 13.6. The molecule has 3 aromatic rings. The fourth-order valence-corrected chi connectivity index (χ4v) is 2.64. The Kier molecular flexibility index (Phi) is 3.39. The van der Waals surface area contributed by atoms with Crippen molar-refractivity contribution in [2.24, 2.45) is 0 Å². The molecule has 2 aromatic carbocycles. The number of hydrogen-bond donors (Lipinski definition) is 1. The number of aromatic carboxylic acids is 1. The maximum Gasteiger partial charge on any atom is 0.357 e. The number of carboxylic acid groups (broad SMARTS) is 1. The molecule has 0 bridgehead atoms. The summed E-state index contributed by atoms with van der Waals surface area (Å²) in [6.45, 7) is 0. The van der Waals surface area contributed by atoms with E-state index in [0.29, 0.717) is 16.7 Å². The van der Waals surface area contributed by atoms with Gasteiger partial charge in [0.15, 0.2) is 5.69 Å². The SMILES string of the molecule is COc1cccc2c(C(=O)O)nn(-c3cccc(Br)c3)c12. The van der Waals surface area contributed by atoms with Crippen molar-refractivity contribution < 1.29 is 14.6 Å². The zero-order valence-electron chi connectivity index (χ0n) is 11.1. The van der Waals surface area contributed by atoms with Crippen LogP contribution < -0.4 is 4.74 Å². The molecule has 0 spiro atoms. The van der Waals surface area contributed by atoms with Crippen LogP contribution in [0.5, 0.6) is 5.75 Å². The van der Waals surface area contributed by atoms with Crippen LogP contribution in [0.2, 0.25) is 0 Å². The minimum atomic E-state index is -1.07. The van der Waals surface area contributed by atoms with Gasteiger partial charge in [0, 0.05) is 9.86 Å². The maximum atomic E-state index is 11.4. The number of halogens is 1. The second-order valence-electron chi connectivity index (χ2n) is 4.40. The lowest BCUT2D eigenvalue weighted by Crippen LogP contribution is -2.01. The summed E-state index contributed by atoms with van der Waals surface area (Å²) in [6, 6.07) is 12.7. The largest absolute Gasteiger partial charge is 0.494 e. The molecular weight excluding hydrogens is 336 g/mol. The number of carbonyl (C=O) groups is 1. The molecule has 0 aliphatic heterocycles. The van der Waals surface area contributed by atoms with Gasteiger partial charge in [-0.2, -0.15) is 5.10 Å². The van der Waals surface area contributed by atoms with E-state index in [-0.39, 0.29) is 5.69 Å². The van der Waals surface area contributed by atoms with E-state index < -0.39 is 5.97 Å². The second kappa shape index (κ2) is 5.21. The summed E-state index contributed by atoms with van der Waals surface area (Å²) < 4.78 is 7.82. The molecule has 1 aromatic heterocycles. The van der Waals surface area contributed by atoms with Gasteiger partial charge in [-0.1, -0.05) is 34.1 Å². The highest BCUT2D eigenvalue weighted by Crippen LogP contribution is 2.30. The quantitative estimate of drug-likeness (QED) is 0.788. The number of ether oxygens (including phenoxy) is 1. The third-order valence-electron chi connectivity index (χ3n) is 3.14. The summed E-state index contributed by atoms with van der Waals surface area (Å²) in [6.07, 6.45) is 0. The molecular formula is C15H11BrN2O3. The molecule has 0 unspecified atom stereocenters. The molecule has 21 heavy (non-hydrogen) atoms. The standard InChI is InChI=1S/C15H11BrN2O3/c1-21-12-7-3-6-11-13(15(19)20)17-18(14(11)12)10-5-2-4-9(16)8-10/h2-8H,1H3,(H,19,20). The van der Waals surface area contributed by atoms with Crippen LogP contribution in [0.4, 0.5) is 0 Å². The van der Waals surface area contributed by atoms with Gasteiger partial charge in [0.25, 0.3) is 0 Å². The molecule has 106 valence electrons. The first-order chi connectivity index (χ1) is 10.1. The van der Waals surface area contributed by atoms with Crippen LogP contribution in [0.1, 0.15) is 10.5 Å². The summed E-state index contributed by atoms with van der Waals surface area (Å²) in [5.41, 5.74) is 1.39. The maximum absolute atomic E-state index is 11.4. The third kappa shape index (κ3) is 2.27.